The molecule has 0 bridgehead atoms. The Kier molecular flexibility index (Phi) is 5.34. The lowest BCUT2D eigenvalue weighted by molar-refractivity contribution is 0.250. The minimum Gasteiger partial charge on any atom is -0.490 e. The molecule has 0 aromatic carbocycles. The van der Waals surface area contributed by atoms with Gasteiger partial charge in [0.25, 0.3) is 0 Å². The molecule has 5 nitrogen and oxygen atoms in total. The van der Waals surface area contributed by atoms with Gasteiger partial charge < -0.3 is 15.2 Å². The maximum atomic E-state index is 8.95. The summed E-state index contributed by atoms with van der Waals surface area (Å²) in [5.74, 6) is 2.37. The lowest BCUT2D eigenvalue weighted by Gasteiger charge is -2.12. The molecule has 0 saturated carbocycles. The number of hydrogen-bond donors (Lipinski definition) is 2. The van der Waals surface area contributed by atoms with Gasteiger partial charge in [0.15, 0.2) is 11.6 Å². The second-order valence-corrected chi connectivity index (χ2v) is 4.42. The fourth-order valence-corrected chi connectivity index (χ4v) is 2.08. The van der Waals surface area contributed by atoms with Crippen LogP contribution in [-0.4, -0.2) is 41.6 Å². The summed E-state index contributed by atoms with van der Waals surface area (Å²) in [6, 6.07) is 0. The summed E-state index contributed by atoms with van der Waals surface area (Å²) in [5.41, 5.74) is 0. The Morgan fingerprint density at radius 1 is 1.56 bits per heavy atom. The van der Waals surface area contributed by atoms with Crippen LogP contribution in [0.5, 0.6) is 5.75 Å². The Labute approximate surface area is 99.6 Å². The molecule has 0 radical (unpaired) electrons. The van der Waals surface area contributed by atoms with Gasteiger partial charge in [-0.1, -0.05) is 6.92 Å². The van der Waals surface area contributed by atoms with Crippen molar-refractivity contribution in [2.45, 2.75) is 11.9 Å². The molecule has 0 amide bonds. The van der Waals surface area contributed by atoms with Gasteiger partial charge in [-0.3, -0.25) is 0 Å². The number of hydrogen-bond acceptors (Lipinski definition) is 6. The predicted octanol–water partition coefficient (Wildman–Crippen LogP) is 1.25. The quantitative estimate of drug-likeness (QED) is 0.579. The normalized spacial score (nSPS) is 12.2. The second-order valence-electron chi connectivity index (χ2n) is 3.41. The van der Waals surface area contributed by atoms with Crippen molar-refractivity contribution in [3.63, 3.8) is 0 Å². The average molecular weight is 243 g/mol. The highest BCUT2D eigenvalue weighted by atomic mass is 32.2. The van der Waals surface area contributed by atoms with Crippen LogP contribution in [0.1, 0.15) is 6.92 Å². The maximum Gasteiger partial charge on any atom is 0.193 e. The lowest BCUT2D eigenvalue weighted by atomic mass is 10.2. The van der Waals surface area contributed by atoms with E-state index in [2.05, 4.69) is 15.3 Å². The monoisotopic (exact) mass is 243 g/mol. The first-order valence-corrected chi connectivity index (χ1v) is 6.01. The molecule has 1 heterocycles. The molecule has 0 fully saturated rings. The Morgan fingerprint density at radius 3 is 2.88 bits per heavy atom. The van der Waals surface area contributed by atoms with Gasteiger partial charge >= 0.3 is 0 Å². The number of thioether (sulfide) groups is 1. The Hall–Kier alpha value is -1.01. The number of methoxy groups -OCH3 is 1. The molecule has 0 aliphatic carbocycles. The van der Waals surface area contributed by atoms with E-state index >= 15 is 0 Å². The summed E-state index contributed by atoms with van der Waals surface area (Å²) >= 11 is 1.56. The lowest BCUT2D eigenvalue weighted by Crippen LogP contribution is -2.05. The zero-order valence-corrected chi connectivity index (χ0v) is 10.5. The van der Waals surface area contributed by atoms with Crippen LogP contribution in [0.4, 0.5) is 5.82 Å². The fourth-order valence-electron chi connectivity index (χ4n) is 1.10. The number of aliphatic hydroxyl groups excluding tert-OH is 1. The van der Waals surface area contributed by atoms with Gasteiger partial charge in [0.2, 0.25) is 0 Å². The largest absolute Gasteiger partial charge is 0.490 e. The summed E-state index contributed by atoms with van der Waals surface area (Å²) in [5, 5.41) is 12.7. The molecule has 0 aliphatic rings. The van der Waals surface area contributed by atoms with E-state index in [1.54, 1.807) is 25.9 Å². The van der Waals surface area contributed by atoms with E-state index in [0.29, 0.717) is 11.6 Å². The van der Waals surface area contributed by atoms with E-state index in [4.69, 9.17) is 9.84 Å². The van der Waals surface area contributed by atoms with Crippen LogP contribution in [0, 0.1) is 5.92 Å². The molecule has 0 saturated heterocycles. The highest BCUT2D eigenvalue weighted by molar-refractivity contribution is 7.99. The molecule has 90 valence electrons. The van der Waals surface area contributed by atoms with Crippen LogP contribution in [0.25, 0.3) is 0 Å². The second kappa shape index (κ2) is 6.55. The van der Waals surface area contributed by atoms with E-state index in [-0.39, 0.29) is 12.5 Å². The van der Waals surface area contributed by atoms with Crippen molar-refractivity contribution >= 4 is 17.6 Å². The molecular formula is C10H17N3O2S. The van der Waals surface area contributed by atoms with Crippen molar-refractivity contribution in [1.82, 2.24) is 9.97 Å². The number of ether oxygens (including phenoxy) is 1. The zero-order chi connectivity index (χ0) is 12.0. The summed E-state index contributed by atoms with van der Waals surface area (Å²) < 4.78 is 5.26. The van der Waals surface area contributed by atoms with Crippen LogP contribution in [0.15, 0.2) is 11.4 Å². The topological polar surface area (TPSA) is 67.3 Å². The minimum atomic E-state index is 0.180. The molecule has 1 atom stereocenters. The Morgan fingerprint density at radius 2 is 2.31 bits per heavy atom. The van der Waals surface area contributed by atoms with Crippen molar-refractivity contribution < 1.29 is 9.84 Å². The third-order valence-electron chi connectivity index (χ3n) is 2.03. The molecule has 6 heteroatoms. The van der Waals surface area contributed by atoms with Gasteiger partial charge in [-0.25, -0.2) is 9.97 Å². The van der Waals surface area contributed by atoms with E-state index in [0.717, 1.165) is 10.8 Å². The number of rotatable bonds is 6. The summed E-state index contributed by atoms with van der Waals surface area (Å²) in [4.78, 5) is 8.24. The average Bonchev–Trinajstić information content (AvgIpc) is 2.34. The highest BCUT2D eigenvalue weighted by Gasteiger charge is 2.12. The summed E-state index contributed by atoms with van der Waals surface area (Å²) in [6.45, 7) is 2.17. The van der Waals surface area contributed by atoms with E-state index in [9.17, 15) is 0 Å². The van der Waals surface area contributed by atoms with E-state index in [1.165, 1.54) is 6.33 Å². The van der Waals surface area contributed by atoms with Crippen LogP contribution in [-0.2, 0) is 0 Å². The van der Waals surface area contributed by atoms with Gasteiger partial charge in [0.05, 0.1) is 7.11 Å². The standard InChI is InChI=1S/C10H17N3O2S/c1-7(4-14)5-16-10-8(15-3)9(11-2)12-6-13-10/h6-7,14H,4-5H2,1-3H3,(H,11,12,13). The minimum absolute atomic E-state index is 0.180. The van der Waals surface area contributed by atoms with Crippen molar-refractivity contribution in [2.75, 3.05) is 31.8 Å². The number of nitrogens with zero attached hydrogens (tertiary/aromatic N) is 2. The third kappa shape index (κ3) is 3.24. The van der Waals surface area contributed by atoms with Crippen LogP contribution < -0.4 is 10.1 Å². The van der Waals surface area contributed by atoms with E-state index in [1.807, 2.05) is 6.92 Å². The molecule has 1 aromatic heterocycles. The summed E-state index contributed by atoms with van der Waals surface area (Å²) in [7, 11) is 3.38. The number of aliphatic hydroxyl groups is 1. The number of aromatic nitrogens is 2. The molecule has 1 unspecified atom stereocenters. The fraction of sp³-hybridized carbons (Fsp3) is 0.600. The molecule has 16 heavy (non-hydrogen) atoms. The van der Waals surface area contributed by atoms with Crippen LogP contribution in [0.3, 0.4) is 0 Å². The van der Waals surface area contributed by atoms with Crippen molar-refractivity contribution in [3.8, 4) is 5.75 Å². The van der Waals surface area contributed by atoms with Crippen molar-refractivity contribution in [1.29, 1.82) is 0 Å². The highest BCUT2D eigenvalue weighted by Crippen LogP contribution is 2.32. The third-order valence-corrected chi connectivity index (χ3v) is 3.33. The first-order chi connectivity index (χ1) is 7.72. The Balaban J connectivity index is 2.78. The number of nitrogens with one attached hydrogen (secondary N) is 1. The smallest absolute Gasteiger partial charge is 0.193 e. The van der Waals surface area contributed by atoms with Crippen LogP contribution >= 0.6 is 11.8 Å². The zero-order valence-electron chi connectivity index (χ0n) is 9.73. The Bertz CT molecular complexity index is 336. The molecule has 1 rings (SSSR count). The van der Waals surface area contributed by atoms with Gasteiger partial charge in [-0.05, 0) is 5.92 Å². The molecule has 1 aromatic rings. The molecule has 2 N–H and O–H groups in total. The summed E-state index contributed by atoms with van der Waals surface area (Å²) in [6.07, 6.45) is 1.50. The van der Waals surface area contributed by atoms with E-state index < -0.39 is 0 Å². The predicted molar refractivity (Wildman–Crippen MR) is 65.1 cm³/mol. The SMILES string of the molecule is CNc1ncnc(SCC(C)CO)c1OC. The van der Waals surface area contributed by atoms with Crippen molar-refractivity contribution in [3.05, 3.63) is 6.33 Å². The van der Waals surface area contributed by atoms with Gasteiger partial charge in [0, 0.05) is 19.4 Å². The van der Waals surface area contributed by atoms with Gasteiger partial charge in [0.1, 0.15) is 11.4 Å². The first-order valence-electron chi connectivity index (χ1n) is 5.03. The molecule has 0 spiro atoms. The maximum absolute atomic E-state index is 8.95. The first kappa shape index (κ1) is 13.1. The molecule has 0 aliphatic heterocycles. The van der Waals surface area contributed by atoms with Crippen LogP contribution in [0.2, 0.25) is 0 Å². The molecular weight excluding hydrogens is 226 g/mol. The van der Waals surface area contributed by atoms with Gasteiger partial charge in [-0.2, -0.15) is 0 Å². The van der Waals surface area contributed by atoms with Gasteiger partial charge in [-0.15, -0.1) is 11.8 Å². The van der Waals surface area contributed by atoms with Crippen molar-refractivity contribution in [2.24, 2.45) is 5.92 Å². The number of anilines is 1.